The van der Waals surface area contributed by atoms with Gasteiger partial charge in [0, 0.05) is 18.8 Å². The first-order valence-electron chi connectivity index (χ1n) is 3.54. The second kappa shape index (κ2) is 4.76. The van der Waals surface area contributed by atoms with Gasteiger partial charge in [-0.3, -0.25) is 4.98 Å². The molecule has 2 nitrogen and oxygen atoms in total. The fourth-order valence-corrected chi connectivity index (χ4v) is 0.835. The molecule has 0 aromatic carbocycles. The predicted octanol–water partition coefficient (Wildman–Crippen LogP) is 1.47. The zero-order valence-electron chi connectivity index (χ0n) is 6.42. The SMILES string of the molecule is OCCC#Cc1cnccc1Cl. The third kappa shape index (κ3) is 2.54. The van der Waals surface area contributed by atoms with Crippen molar-refractivity contribution < 1.29 is 5.11 Å². The van der Waals surface area contributed by atoms with Crippen LogP contribution in [0, 0.1) is 11.8 Å². The van der Waals surface area contributed by atoms with Gasteiger partial charge in [0.15, 0.2) is 0 Å². The molecule has 1 rings (SSSR count). The predicted molar refractivity (Wildman–Crippen MR) is 47.8 cm³/mol. The molecular weight excluding hydrogens is 174 g/mol. The first-order valence-corrected chi connectivity index (χ1v) is 3.91. The summed E-state index contributed by atoms with van der Waals surface area (Å²) in [5.74, 6) is 5.58. The van der Waals surface area contributed by atoms with Gasteiger partial charge in [-0.2, -0.15) is 0 Å². The van der Waals surface area contributed by atoms with E-state index in [1.54, 1.807) is 18.5 Å². The van der Waals surface area contributed by atoms with Gasteiger partial charge < -0.3 is 5.11 Å². The summed E-state index contributed by atoms with van der Waals surface area (Å²) in [7, 11) is 0. The Hall–Kier alpha value is -1.04. The highest BCUT2D eigenvalue weighted by Gasteiger charge is 1.92. The minimum atomic E-state index is 0.0743. The molecule has 1 N–H and O–H groups in total. The number of aliphatic hydroxyl groups is 1. The van der Waals surface area contributed by atoms with Gasteiger partial charge >= 0.3 is 0 Å². The minimum Gasteiger partial charge on any atom is -0.395 e. The molecule has 1 aromatic heterocycles. The normalized spacial score (nSPS) is 8.83. The van der Waals surface area contributed by atoms with Gasteiger partial charge in [0.25, 0.3) is 0 Å². The van der Waals surface area contributed by atoms with Crippen molar-refractivity contribution >= 4 is 11.6 Å². The Labute approximate surface area is 76.2 Å². The number of halogens is 1. The van der Waals surface area contributed by atoms with Crippen LogP contribution in [0.1, 0.15) is 12.0 Å². The summed E-state index contributed by atoms with van der Waals surface area (Å²) < 4.78 is 0. The monoisotopic (exact) mass is 181 g/mol. The average Bonchev–Trinajstić information content (AvgIpc) is 2.09. The number of rotatable bonds is 1. The number of nitrogens with zero attached hydrogens (tertiary/aromatic N) is 1. The third-order valence-electron chi connectivity index (χ3n) is 1.23. The molecule has 12 heavy (non-hydrogen) atoms. The largest absolute Gasteiger partial charge is 0.395 e. The van der Waals surface area contributed by atoms with Crippen molar-refractivity contribution in [2.75, 3.05) is 6.61 Å². The Morgan fingerprint density at radius 1 is 1.58 bits per heavy atom. The van der Waals surface area contributed by atoms with Crippen molar-refractivity contribution in [3.05, 3.63) is 29.0 Å². The standard InChI is InChI=1S/C9H8ClNO/c10-9-4-5-11-7-8(9)3-1-2-6-12/h4-5,7,12H,2,6H2. The molecule has 62 valence electrons. The van der Waals surface area contributed by atoms with Crippen molar-refractivity contribution in [3.8, 4) is 11.8 Å². The minimum absolute atomic E-state index is 0.0743. The number of pyridine rings is 1. The molecule has 0 unspecified atom stereocenters. The molecule has 0 saturated carbocycles. The van der Waals surface area contributed by atoms with Crippen LogP contribution in [0.4, 0.5) is 0 Å². The van der Waals surface area contributed by atoms with Gasteiger partial charge in [0.2, 0.25) is 0 Å². The van der Waals surface area contributed by atoms with Gasteiger partial charge in [-0.15, -0.1) is 0 Å². The molecule has 0 spiro atoms. The van der Waals surface area contributed by atoms with Crippen LogP contribution in [0.15, 0.2) is 18.5 Å². The highest BCUT2D eigenvalue weighted by atomic mass is 35.5. The van der Waals surface area contributed by atoms with E-state index in [0.29, 0.717) is 17.0 Å². The molecule has 0 saturated heterocycles. The van der Waals surface area contributed by atoms with Crippen LogP contribution in [0.25, 0.3) is 0 Å². The van der Waals surface area contributed by atoms with Gasteiger partial charge in [0.1, 0.15) is 0 Å². The molecule has 1 heterocycles. The summed E-state index contributed by atoms with van der Waals surface area (Å²) in [6.45, 7) is 0.0743. The lowest BCUT2D eigenvalue weighted by Gasteiger charge is -1.91. The maximum absolute atomic E-state index is 8.46. The fraction of sp³-hybridized carbons (Fsp3) is 0.222. The smallest absolute Gasteiger partial charge is 0.0615 e. The van der Waals surface area contributed by atoms with E-state index in [-0.39, 0.29) is 6.61 Å². The van der Waals surface area contributed by atoms with E-state index in [4.69, 9.17) is 16.7 Å². The van der Waals surface area contributed by atoms with Crippen LogP contribution in [0.2, 0.25) is 5.02 Å². The Morgan fingerprint density at radius 3 is 3.08 bits per heavy atom. The lowest BCUT2D eigenvalue weighted by Crippen LogP contribution is -1.80. The zero-order chi connectivity index (χ0) is 8.81. The molecule has 0 aliphatic carbocycles. The van der Waals surface area contributed by atoms with Crippen molar-refractivity contribution in [2.45, 2.75) is 6.42 Å². The van der Waals surface area contributed by atoms with Crippen molar-refractivity contribution in [1.29, 1.82) is 0 Å². The second-order valence-electron chi connectivity index (χ2n) is 2.13. The van der Waals surface area contributed by atoms with Crippen LogP contribution >= 0.6 is 11.6 Å². The third-order valence-corrected chi connectivity index (χ3v) is 1.56. The zero-order valence-corrected chi connectivity index (χ0v) is 7.17. The van der Waals surface area contributed by atoms with Gasteiger partial charge in [0.05, 0.1) is 17.2 Å². The van der Waals surface area contributed by atoms with Crippen LogP contribution < -0.4 is 0 Å². The van der Waals surface area contributed by atoms with E-state index >= 15 is 0 Å². The number of aliphatic hydroxyl groups excluding tert-OH is 1. The maximum atomic E-state index is 8.46. The Kier molecular flexibility index (Phi) is 3.59. The average molecular weight is 182 g/mol. The summed E-state index contributed by atoms with van der Waals surface area (Å²) in [4.78, 5) is 3.87. The number of hydrogen-bond acceptors (Lipinski definition) is 2. The first kappa shape index (κ1) is 9.05. The molecule has 3 heteroatoms. The molecular formula is C9H8ClNO. The fourth-order valence-electron chi connectivity index (χ4n) is 0.683. The van der Waals surface area contributed by atoms with E-state index < -0.39 is 0 Å². The Balaban J connectivity index is 2.77. The van der Waals surface area contributed by atoms with Crippen molar-refractivity contribution in [2.24, 2.45) is 0 Å². The van der Waals surface area contributed by atoms with Crippen molar-refractivity contribution in [1.82, 2.24) is 4.98 Å². The van der Waals surface area contributed by atoms with E-state index in [1.807, 2.05) is 0 Å². The van der Waals surface area contributed by atoms with Crippen LogP contribution in [-0.2, 0) is 0 Å². The highest BCUT2D eigenvalue weighted by Crippen LogP contribution is 2.11. The second-order valence-corrected chi connectivity index (χ2v) is 2.54. The lowest BCUT2D eigenvalue weighted by molar-refractivity contribution is 0.305. The van der Waals surface area contributed by atoms with Crippen LogP contribution in [-0.4, -0.2) is 16.7 Å². The molecule has 0 aliphatic heterocycles. The van der Waals surface area contributed by atoms with Gasteiger partial charge in [-0.25, -0.2) is 0 Å². The molecule has 1 aromatic rings. The Bertz CT molecular complexity index is 314. The highest BCUT2D eigenvalue weighted by molar-refractivity contribution is 6.31. The summed E-state index contributed by atoms with van der Waals surface area (Å²) in [5.41, 5.74) is 0.701. The summed E-state index contributed by atoms with van der Waals surface area (Å²) in [6.07, 6.45) is 3.68. The maximum Gasteiger partial charge on any atom is 0.0615 e. The van der Waals surface area contributed by atoms with E-state index in [9.17, 15) is 0 Å². The number of aromatic nitrogens is 1. The summed E-state index contributed by atoms with van der Waals surface area (Å²) in [5, 5.41) is 9.06. The van der Waals surface area contributed by atoms with Gasteiger partial charge in [-0.1, -0.05) is 23.4 Å². The van der Waals surface area contributed by atoms with E-state index in [0.717, 1.165) is 0 Å². The molecule has 0 amide bonds. The van der Waals surface area contributed by atoms with Crippen LogP contribution in [0.3, 0.4) is 0 Å². The molecule has 0 atom stereocenters. The summed E-state index contributed by atoms with van der Waals surface area (Å²) in [6, 6.07) is 1.69. The number of hydrogen-bond donors (Lipinski definition) is 1. The van der Waals surface area contributed by atoms with E-state index in [2.05, 4.69) is 16.8 Å². The molecule has 0 aliphatic rings. The van der Waals surface area contributed by atoms with E-state index in [1.165, 1.54) is 0 Å². The molecule has 0 fully saturated rings. The topological polar surface area (TPSA) is 33.1 Å². The van der Waals surface area contributed by atoms with Crippen molar-refractivity contribution in [3.63, 3.8) is 0 Å². The quantitative estimate of drug-likeness (QED) is 0.666. The lowest BCUT2D eigenvalue weighted by atomic mass is 10.3. The molecule has 0 radical (unpaired) electrons. The Morgan fingerprint density at radius 2 is 2.42 bits per heavy atom. The summed E-state index contributed by atoms with van der Waals surface area (Å²) >= 11 is 5.80. The van der Waals surface area contributed by atoms with Gasteiger partial charge in [-0.05, 0) is 6.07 Å². The molecule has 0 bridgehead atoms. The first-order chi connectivity index (χ1) is 5.84. The van der Waals surface area contributed by atoms with Crippen LogP contribution in [0.5, 0.6) is 0 Å².